The molecule has 0 aliphatic carbocycles. The summed E-state index contributed by atoms with van der Waals surface area (Å²) in [5.41, 5.74) is 2.17. The number of benzene rings is 1. The molecule has 7 nitrogen and oxygen atoms in total. The summed E-state index contributed by atoms with van der Waals surface area (Å²) in [4.78, 5) is 36.7. The van der Waals surface area contributed by atoms with E-state index in [0.29, 0.717) is 19.2 Å². The van der Waals surface area contributed by atoms with Crippen LogP contribution >= 0.6 is 0 Å². The fourth-order valence-electron chi connectivity index (χ4n) is 2.31. The molecular formula is C16H18F2N4O3. The number of hydrogen-bond acceptors (Lipinski definition) is 4. The molecule has 0 spiro atoms. The molecule has 2 rings (SSSR count). The van der Waals surface area contributed by atoms with Crippen LogP contribution in [0.3, 0.4) is 0 Å². The van der Waals surface area contributed by atoms with Gasteiger partial charge in [-0.1, -0.05) is 0 Å². The van der Waals surface area contributed by atoms with E-state index in [0.717, 1.165) is 25.0 Å². The summed E-state index contributed by atoms with van der Waals surface area (Å²) < 4.78 is 26.3. The number of anilines is 1. The zero-order chi connectivity index (χ0) is 18.4. The third-order valence-corrected chi connectivity index (χ3v) is 3.56. The highest BCUT2D eigenvalue weighted by molar-refractivity contribution is 6.35. The molecule has 3 amide bonds. The number of likely N-dealkylation sites (tertiary alicyclic amines) is 1. The highest BCUT2D eigenvalue weighted by atomic mass is 19.1. The van der Waals surface area contributed by atoms with Crippen LogP contribution in [-0.4, -0.2) is 41.4 Å². The van der Waals surface area contributed by atoms with Crippen molar-refractivity contribution in [3.63, 3.8) is 0 Å². The van der Waals surface area contributed by atoms with Crippen molar-refractivity contribution < 1.29 is 23.2 Å². The molecule has 0 bridgehead atoms. The Kier molecular flexibility index (Phi) is 6.15. The minimum Gasteiger partial charge on any atom is -0.334 e. The average Bonchev–Trinajstić information content (AvgIpc) is 3.09. The van der Waals surface area contributed by atoms with Crippen LogP contribution in [0.5, 0.6) is 0 Å². The Labute approximate surface area is 143 Å². The first-order valence-corrected chi connectivity index (χ1v) is 7.74. The van der Waals surface area contributed by atoms with Gasteiger partial charge in [0.1, 0.15) is 11.6 Å². The summed E-state index contributed by atoms with van der Waals surface area (Å²) in [6.45, 7) is 2.56. The Morgan fingerprint density at radius 2 is 1.88 bits per heavy atom. The first-order valence-electron chi connectivity index (χ1n) is 7.74. The van der Waals surface area contributed by atoms with Gasteiger partial charge < -0.3 is 10.2 Å². The van der Waals surface area contributed by atoms with Crippen LogP contribution in [-0.2, 0) is 14.4 Å². The number of nitrogens with zero attached hydrogens (tertiary/aromatic N) is 2. The third-order valence-electron chi connectivity index (χ3n) is 3.56. The molecule has 25 heavy (non-hydrogen) atoms. The fourth-order valence-corrected chi connectivity index (χ4v) is 2.31. The van der Waals surface area contributed by atoms with Gasteiger partial charge in [0.25, 0.3) is 0 Å². The fraction of sp³-hybridized carbons (Fsp3) is 0.375. The number of nitrogens with one attached hydrogen (secondary N) is 2. The number of hydrogen-bond donors (Lipinski definition) is 2. The number of rotatable bonds is 4. The first-order chi connectivity index (χ1) is 11.9. The summed E-state index contributed by atoms with van der Waals surface area (Å²) in [5, 5.41) is 5.96. The van der Waals surface area contributed by atoms with E-state index in [1.165, 1.54) is 11.8 Å². The van der Waals surface area contributed by atoms with Crippen molar-refractivity contribution in [2.24, 2.45) is 5.10 Å². The summed E-state index contributed by atoms with van der Waals surface area (Å²) in [7, 11) is 0. The topological polar surface area (TPSA) is 90.9 Å². The molecule has 1 heterocycles. The van der Waals surface area contributed by atoms with E-state index in [9.17, 15) is 23.2 Å². The molecule has 1 saturated heterocycles. The van der Waals surface area contributed by atoms with E-state index < -0.39 is 29.4 Å². The molecule has 1 aromatic rings. The molecule has 0 aromatic heterocycles. The Morgan fingerprint density at radius 1 is 1.20 bits per heavy atom. The van der Waals surface area contributed by atoms with Crippen molar-refractivity contribution in [3.05, 3.63) is 29.8 Å². The second-order valence-electron chi connectivity index (χ2n) is 5.64. The lowest BCUT2D eigenvalue weighted by molar-refractivity contribution is -0.145. The molecule has 134 valence electrons. The molecule has 1 fully saturated rings. The van der Waals surface area contributed by atoms with Crippen molar-refractivity contribution in [1.82, 2.24) is 10.3 Å². The molecule has 9 heteroatoms. The van der Waals surface area contributed by atoms with E-state index in [-0.39, 0.29) is 17.8 Å². The number of amides is 3. The van der Waals surface area contributed by atoms with Crippen LogP contribution in [0.2, 0.25) is 0 Å². The van der Waals surface area contributed by atoms with Crippen molar-refractivity contribution in [2.75, 3.05) is 18.4 Å². The van der Waals surface area contributed by atoms with Crippen LogP contribution in [0, 0.1) is 11.6 Å². The minimum atomic E-state index is -0.896. The maximum absolute atomic E-state index is 13.5. The largest absolute Gasteiger partial charge is 0.334 e. The number of carbonyl (C=O) groups excluding carboxylic acids is 3. The molecule has 1 aromatic carbocycles. The van der Waals surface area contributed by atoms with Gasteiger partial charge in [-0.3, -0.25) is 14.4 Å². The highest BCUT2D eigenvalue weighted by Crippen LogP contribution is 2.15. The van der Waals surface area contributed by atoms with E-state index in [2.05, 4.69) is 15.8 Å². The summed E-state index contributed by atoms with van der Waals surface area (Å²) >= 11 is 0. The molecule has 1 aliphatic heterocycles. The van der Waals surface area contributed by atoms with Crippen LogP contribution in [0.1, 0.15) is 26.2 Å². The van der Waals surface area contributed by atoms with Crippen LogP contribution in [0.4, 0.5) is 14.5 Å². The van der Waals surface area contributed by atoms with Gasteiger partial charge in [-0.2, -0.15) is 5.10 Å². The number of carbonyl (C=O) groups is 3. The van der Waals surface area contributed by atoms with E-state index in [1.54, 1.807) is 0 Å². The SMILES string of the molecule is C/C(CC(=O)Nc1ccc(F)cc1F)=N/NC(=O)C(=O)N1CCCC1. The summed E-state index contributed by atoms with van der Waals surface area (Å²) in [6, 6.07) is 2.77. The number of halogens is 2. The smallest absolute Gasteiger partial charge is 0.329 e. The van der Waals surface area contributed by atoms with Crippen LogP contribution in [0.15, 0.2) is 23.3 Å². The van der Waals surface area contributed by atoms with Gasteiger partial charge in [0.05, 0.1) is 12.1 Å². The first kappa shape index (κ1) is 18.5. The van der Waals surface area contributed by atoms with Crippen LogP contribution in [0.25, 0.3) is 0 Å². The standard InChI is InChI=1S/C16H18F2N4O3/c1-10(20-21-15(24)16(25)22-6-2-3-7-22)8-14(23)19-13-5-4-11(17)9-12(13)18/h4-5,9H,2-3,6-8H2,1H3,(H,19,23)(H,21,24)/b20-10-. The summed E-state index contributed by atoms with van der Waals surface area (Å²) in [5.74, 6) is -3.77. The maximum atomic E-state index is 13.5. The van der Waals surface area contributed by atoms with Gasteiger partial charge in [-0.15, -0.1) is 0 Å². The Morgan fingerprint density at radius 3 is 2.52 bits per heavy atom. The van der Waals surface area contributed by atoms with Crippen molar-refractivity contribution in [3.8, 4) is 0 Å². The van der Waals surface area contributed by atoms with Crippen LogP contribution < -0.4 is 10.7 Å². The number of hydrazone groups is 1. The van der Waals surface area contributed by atoms with Gasteiger partial charge in [-0.25, -0.2) is 14.2 Å². The van der Waals surface area contributed by atoms with E-state index in [1.807, 2.05) is 0 Å². The normalized spacial score (nSPS) is 14.4. The highest BCUT2D eigenvalue weighted by Gasteiger charge is 2.24. The van der Waals surface area contributed by atoms with Gasteiger partial charge in [-0.05, 0) is 31.9 Å². The van der Waals surface area contributed by atoms with Gasteiger partial charge in [0, 0.05) is 24.9 Å². The lowest BCUT2D eigenvalue weighted by Gasteiger charge is -2.13. The molecule has 1 aliphatic rings. The Hall–Kier alpha value is -2.84. The quantitative estimate of drug-likeness (QED) is 0.488. The van der Waals surface area contributed by atoms with Gasteiger partial charge >= 0.3 is 11.8 Å². The molecule has 0 radical (unpaired) electrons. The zero-order valence-corrected chi connectivity index (χ0v) is 13.6. The monoisotopic (exact) mass is 352 g/mol. The second-order valence-corrected chi connectivity index (χ2v) is 5.64. The average molecular weight is 352 g/mol. The Bertz CT molecular complexity index is 715. The van der Waals surface area contributed by atoms with Gasteiger partial charge in [0.2, 0.25) is 5.91 Å². The van der Waals surface area contributed by atoms with Crippen molar-refractivity contribution in [1.29, 1.82) is 0 Å². The predicted octanol–water partition coefficient (Wildman–Crippen LogP) is 1.41. The minimum absolute atomic E-state index is 0.160. The predicted molar refractivity (Wildman–Crippen MR) is 86.7 cm³/mol. The lowest BCUT2D eigenvalue weighted by Crippen LogP contribution is -2.40. The molecule has 0 unspecified atom stereocenters. The van der Waals surface area contributed by atoms with E-state index in [4.69, 9.17) is 0 Å². The summed E-state index contributed by atoms with van der Waals surface area (Å²) in [6.07, 6.45) is 1.50. The van der Waals surface area contributed by atoms with Crippen molar-refractivity contribution in [2.45, 2.75) is 26.2 Å². The van der Waals surface area contributed by atoms with Crippen molar-refractivity contribution >= 4 is 29.1 Å². The van der Waals surface area contributed by atoms with E-state index >= 15 is 0 Å². The zero-order valence-electron chi connectivity index (χ0n) is 13.6. The van der Waals surface area contributed by atoms with Gasteiger partial charge in [0.15, 0.2) is 0 Å². The Balaban J connectivity index is 1.84. The molecule has 0 atom stereocenters. The molecule has 0 saturated carbocycles. The second kappa shape index (κ2) is 8.32. The molecular weight excluding hydrogens is 334 g/mol. The lowest BCUT2D eigenvalue weighted by atomic mass is 10.2. The maximum Gasteiger partial charge on any atom is 0.329 e. The third kappa shape index (κ3) is 5.33. The molecule has 2 N–H and O–H groups in total.